The quantitative estimate of drug-likeness (QED) is 0.367. The first-order valence-corrected chi connectivity index (χ1v) is 10.4. The van der Waals surface area contributed by atoms with E-state index in [0.717, 1.165) is 37.3 Å². The summed E-state index contributed by atoms with van der Waals surface area (Å²) in [4.78, 5) is 29.9. The molecule has 0 amide bonds. The van der Waals surface area contributed by atoms with Crippen LogP contribution in [0.15, 0.2) is 42.6 Å². The monoisotopic (exact) mass is 423 g/mol. The number of aromatic nitrogens is 2. The van der Waals surface area contributed by atoms with Crippen LogP contribution in [0.5, 0.6) is 0 Å². The second-order valence-electron chi connectivity index (χ2n) is 7.71. The number of carbonyl (C=O) groups is 1. The maximum Gasteiger partial charge on any atom is 0.309 e. The van der Waals surface area contributed by atoms with Gasteiger partial charge in [-0.3, -0.25) is 19.8 Å². The van der Waals surface area contributed by atoms with Crippen molar-refractivity contribution in [3.8, 4) is 11.3 Å². The number of nitro benzene ring substituents is 1. The lowest BCUT2D eigenvalue weighted by Gasteiger charge is -2.30. The lowest BCUT2D eigenvalue weighted by atomic mass is 9.96. The van der Waals surface area contributed by atoms with Crippen molar-refractivity contribution in [3.63, 3.8) is 0 Å². The minimum atomic E-state index is -0.406. The van der Waals surface area contributed by atoms with Crippen LogP contribution < -0.4 is 5.73 Å². The number of fused-ring (bicyclic) bond motifs is 1. The van der Waals surface area contributed by atoms with Gasteiger partial charge in [0.1, 0.15) is 5.65 Å². The Morgan fingerprint density at radius 3 is 2.77 bits per heavy atom. The molecule has 1 fully saturated rings. The highest BCUT2D eigenvalue weighted by atomic mass is 16.6. The third kappa shape index (κ3) is 4.36. The smallest absolute Gasteiger partial charge is 0.309 e. The van der Waals surface area contributed by atoms with E-state index in [1.165, 1.54) is 6.07 Å². The number of esters is 1. The highest BCUT2D eigenvalue weighted by molar-refractivity contribution is 5.72. The molecule has 1 aromatic carbocycles. The maximum absolute atomic E-state index is 12.0. The first-order valence-electron chi connectivity index (χ1n) is 10.4. The predicted octanol–water partition coefficient (Wildman–Crippen LogP) is 3.27. The van der Waals surface area contributed by atoms with Crippen LogP contribution >= 0.6 is 0 Å². The van der Waals surface area contributed by atoms with Gasteiger partial charge in [-0.25, -0.2) is 4.98 Å². The number of nitro groups is 1. The van der Waals surface area contributed by atoms with Gasteiger partial charge in [-0.05, 0) is 45.0 Å². The normalized spacial score (nSPS) is 15.3. The van der Waals surface area contributed by atoms with Crippen LogP contribution in [0.25, 0.3) is 16.9 Å². The second kappa shape index (κ2) is 8.73. The number of carbonyl (C=O) groups excluding carboxylic acids is 1. The standard InChI is InChI=1S/C22H25N5O4/c1-2-31-22(28)15-8-10-25(11-9-15)14-19-21(16-4-3-5-18(12-16)27(29)30)24-20-7-6-17(23)13-26(19)20/h3-7,12-13,15H,2,8-11,14,23H2,1H3. The molecule has 3 aromatic rings. The Hall–Kier alpha value is -3.46. The number of imidazole rings is 1. The van der Waals surface area contributed by atoms with E-state index in [1.54, 1.807) is 18.2 Å². The SMILES string of the molecule is CCOC(=O)C1CCN(Cc2c(-c3cccc([N+](=O)[O-])c3)nc3ccc(N)cn23)CC1. The predicted molar refractivity (Wildman–Crippen MR) is 116 cm³/mol. The van der Waals surface area contributed by atoms with Crippen molar-refractivity contribution < 1.29 is 14.5 Å². The largest absolute Gasteiger partial charge is 0.466 e. The van der Waals surface area contributed by atoms with Gasteiger partial charge in [-0.1, -0.05) is 12.1 Å². The van der Waals surface area contributed by atoms with E-state index in [2.05, 4.69) is 4.90 Å². The summed E-state index contributed by atoms with van der Waals surface area (Å²) >= 11 is 0. The summed E-state index contributed by atoms with van der Waals surface area (Å²) < 4.78 is 7.11. The number of nitrogen functional groups attached to an aromatic ring is 1. The second-order valence-corrected chi connectivity index (χ2v) is 7.71. The van der Waals surface area contributed by atoms with Gasteiger partial charge in [-0.2, -0.15) is 0 Å². The molecule has 0 unspecified atom stereocenters. The van der Waals surface area contributed by atoms with Gasteiger partial charge >= 0.3 is 5.97 Å². The summed E-state index contributed by atoms with van der Waals surface area (Å²) in [6.45, 7) is 4.33. The molecule has 9 nitrogen and oxygen atoms in total. The third-order valence-corrected chi connectivity index (χ3v) is 5.65. The molecule has 9 heteroatoms. The number of likely N-dealkylation sites (tertiary alicyclic amines) is 1. The van der Waals surface area contributed by atoms with Gasteiger partial charge < -0.3 is 14.9 Å². The molecule has 0 spiro atoms. The average Bonchev–Trinajstić information content (AvgIpc) is 3.12. The fourth-order valence-electron chi connectivity index (χ4n) is 4.06. The van der Waals surface area contributed by atoms with Crippen LogP contribution in [0, 0.1) is 16.0 Å². The summed E-state index contributed by atoms with van der Waals surface area (Å²) in [5.74, 6) is -0.188. The van der Waals surface area contributed by atoms with Crippen LogP contribution in [0.1, 0.15) is 25.5 Å². The Kier molecular flexibility index (Phi) is 5.85. The van der Waals surface area contributed by atoms with Gasteiger partial charge in [0.2, 0.25) is 0 Å². The Balaban J connectivity index is 1.65. The van der Waals surface area contributed by atoms with Gasteiger partial charge in [-0.15, -0.1) is 0 Å². The fourth-order valence-corrected chi connectivity index (χ4v) is 4.06. The molecule has 2 N–H and O–H groups in total. The zero-order valence-electron chi connectivity index (χ0n) is 17.4. The van der Waals surface area contributed by atoms with E-state index in [-0.39, 0.29) is 17.6 Å². The van der Waals surface area contributed by atoms with Gasteiger partial charge in [0, 0.05) is 36.1 Å². The van der Waals surface area contributed by atoms with Crippen molar-refractivity contribution in [2.24, 2.45) is 5.92 Å². The van der Waals surface area contributed by atoms with Gasteiger partial charge in [0.05, 0.1) is 28.8 Å². The molecule has 1 aliphatic rings. The number of pyridine rings is 1. The number of anilines is 1. The molecular formula is C22H25N5O4. The zero-order valence-corrected chi connectivity index (χ0v) is 17.4. The molecular weight excluding hydrogens is 398 g/mol. The molecule has 2 aromatic heterocycles. The van der Waals surface area contributed by atoms with Crippen molar-refractivity contribution in [3.05, 3.63) is 58.4 Å². The van der Waals surface area contributed by atoms with E-state index in [9.17, 15) is 14.9 Å². The van der Waals surface area contributed by atoms with Crippen LogP contribution in [0.2, 0.25) is 0 Å². The highest BCUT2D eigenvalue weighted by Gasteiger charge is 2.27. The van der Waals surface area contributed by atoms with Gasteiger partial charge in [0.25, 0.3) is 5.69 Å². The van der Waals surface area contributed by atoms with Crippen molar-refractivity contribution in [1.82, 2.24) is 14.3 Å². The summed E-state index contributed by atoms with van der Waals surface area (Å²) in [5, 5.41) is 11.3. The first-order chi connectivity index (χ1) is 15.0. The molecule has 162 valence electrons. The number of non-ortho nitro benzene ring substituents is 1. The Labute approximate surface area is 179 Å². The number of hydrogen-bond acceptors (Lipinski definition) is 7. The molecule has 0 bridgehead atoms. The van der Waals surface area contributed by atoms with E-state index in [0.29, 0.717) is 30.1 Å². The Morgan fingerprint density at radius 2 is 2.06 bits per heavy atom. The number of hydrogen-bond donors (Lipinski definition) is 1. The zero-order chi connectivity index (χ0) is 22.0. The average molecular weight is 423 g/mol. The minimum Gasteiger partial charge on any atom is -0.466 e. The molecule has 1 aliphatic heterocycles. The van der Waals surface area contributed by atoms with E-state index >= 15 is 0 Å². The molecule has 1 saturated heterocycles. The molecule has 3 heterocycles. The number of benzene rings is 1. The lowest BCUT2D eigenvalue weighted by molar-refractivity contribution is -0.384. The van der Waals surface area contributed by atoms with Crippen LogP contribution in [-0.2, 0) is 16.1 Å². The molecule has 31 heavy (non-hydrogen) atoms. The van der Waals surface area contributed by atoms with Crippen molar-refractivity contribution >= 4 is 23.0 Å². The summed E-state index contributed by atoms with van der Waals surface area (Å²) in [6, 6.07) is 10.1. The van der Waals surface area contributed by atoms with Crippen LogP contribution in [-0.4, -0.2) is 44.9 Å². The van der Waals surface area contributed by atoms with Crippen LogP contribution in [0.3, 0.4) is 0 Å². The number of rotatable bonds is 6. The van der Waals surface area contributed by atoms with Crippen molar-refractivity contribution in [2.45, 2.75) is 26.3 Å². The highest BCUT2D eigenvalue weighted by Crippen LogP contribution is 2.30. The third-order valence-electron chi connectivity index (χ3n) is 5.65. The number of piperidine rings is 1. The van der Waals surface area contributed by atoms with Crippen molar-refractivity contribution in [2.75, 3.05) is 25.4 Å². The van der Waals surface area contributed by atoms with Gasteiger partial charge in [0.15, 0.2) is 0 Å². The van der Waals surface area contributed by atoms with Crippen molar-refractivity contribution in [1.29, 1.82) is 0 Å². The van der Waals surface area contributed by atoms with Crippen LogP contribution in [0.4, 0.5) is 11.4 Å². The van der Waals surface area contributed by atoms with E-state index in [4.69, 9.17) is 15.5 Å². The first kappa shape index (κ1) is 20.8. The van der Waals surface area contributed by atoms with E-state index < -0.39 is 4.92 Å². The number of nitrogens with two attached hydrogens (primary N) is 1. The Morgan fingerprint density at radius 1 is 1.29 bits per heavy atom. The number of ether oxygens (including phenoxy) is 1. The maximum atomic E-state index is 12.0. The van der Waals surface area contributed by atoms with E-state index in [1.807, 2.05) is 29.7 Å². The lowest BCUT2D eigenvalue weighted by Crippen LogP contribution is -2.36. The summed E-state index contributed by atoms with van der Waals surface area (Å²) in [5.41, 5.74) is 9.67. The molecule has 0 radical (unpaired) electrons. The fraction of sp³-hybridized carbons (Fsp3) is 0.364. The molecule has 0 aliphatic carbocycles. The molecule has 0 atom stereocenters. The molecule has 0 saturated carbocycles. The molecule has 4 rings (SSSR count). The summed E-state index contributed by atoms with van der Waals surface area (Å²) in [6.07, 6.45) is 3.30. The topological polar surface area (TPSA) is 116 Å². The summed E-state index contributed by atoms with van der Waals surface area (Å²) in [7, 11) is 0. The minimum absolute atomic E-state index is 0.0234. The number of nitrogens with zero attached hydrogens (tertiary/aromatic N) is 4. The Bertz CT molecular complexity index is 1120.